The van der Waals surface area contributed by atoms with Crippen LogP contribution in [-0.2, 0) is 0 Å². The Morgan fingerprint density at radius 1 is 1.37 bits per heavy atom. The smallest absolute Gasteiger partial charge is 0.162 e. The number of ketones is 1. The van der Waals surface area contributed by atoms with Crippen molar-refractivity contribution in [2.24, 2.45) is 5.92 Å². The van der Waals surface area contributed by atoms with Gasteiger partial charge in [-0.3, -0.25) is 4.79 Å². The third-order valence-electron chi connectivity index (χ3n) is 3.49. The molecule has 0 amide bonds. The summed E-state index contributed by atoms with van der Waals surface area (Å²) in [4.78, 5) is 12.1. The van der Waals surface area contributed by atoms with Crippen LogP contribution in [0.1, 0.15) is 43.5 Å². The van der Waals surface area contributed by atoms with Gasteiger partial charge in [0.25, 0.3) is 0 Å². The minimum Gasteiger partial charge on any atom is -0.491 e. The van der Waals surface area contributed by atoms with E-state index >= 15 is 0 Å². The normalized spacial score (nSPS) is 18.8. The first-order valence-corrected chi connectivity index (χ1v) is 7.16. The Balaban J connectivity index is 1.84. The number of Topliss-reactive ketones (excluding diaryl/α,β-unsaturated/α-hetero) is 1. The number of ether oxygens (including phenoxy) is 1. The third-order valence-corrected chi connectivity index (χ3v) is 3.49. The first-order valence-electron chi connectivity index (χ1n) is 7.16. The fourth-order valence-electron chi connectivity index (χ4n) is 2.43. The van der Waals surface area contributed by atoms with Crippen molar-refractivity contribution in [2.45, 2.75) is 39.2 Å². The molecule has 0 bridgehead atoms. The number of nitrogens with one attached hydrogen (secondary N) is 1. The van der Waals surface area contributed by atoms with Crippen LogP contribution in [0.5, 0.6) is 5.75 Å². The molecule has 1 aliphatic heterocycles. The molecule has 0 saturated carbocycles. The van der Waals surface area contributed by atoms with Crippen LogP contribution in [0.25, 0.3) is 0 Å². The lowest BCUT2D eigenvalue weighted by Gasteiger charge is -2.10. The van der Waals surface area contributed by atoms with Crippen LogP contribution in [0.15, 0.2) is 24.3 Å². The minimum atomic E-state index is 0.163. The minimum absolute atomic E-state index is 0.163. The van der Waals surface area contributed by atoms with Crippen LogP contribution in [0.4, 0.5) is 0 Å². The van der Waals surface area contributed by atoms with Gasteiger partial charge in [-0.25, -0.2) is 0 Å². The van der Waals surface area contributed by atoms with Crippen LogP contribution >= 0.6 is 0 Å². The Hall–Kier alpha value is -1.35. The molecule has 0 radical (unpaired) electrons. The highest BCUT2D eigenvalue weighted by Gasteiger charge is 2.16. The van der Waals surface area contributed by atoms with Crippen molar-refractivity contribution in [3.8, 4) is 5.75 Å². The maximum Gasteiger partial charge on any atom is 0.162 e. The Morgan fingerprint density at radius 2 is 2.11 bits per heavy atom. The summed E-state index contributed by atoms with van der Waals surface area (Å²) in [5.74, 6) is 1.74. The second-order valence-electron chi connectivity index (χ2n) is 5.51. The van der Waals surface area contributed by atoms with Gasteiger partial charge in [-0.1, -0.05) is 0 Å². The molecule has 1 aliphatic rings. The molecule has 1 heterocycles. The summed E-state index contributed by atoms with van der Waals surface area (Å²) in [6.07, 6.45) is 3.01. The van der Waals surface area contributed by atoms with E-state index in [-0.39, 0.29) is 11.9 Å². The van der Waals surface area contributed by atoms with E-state index in [9.17, 15) is 4.79 Å². The molecule has 104 valence electrons. The number of carbonyl (C=O) groups excluding carboxylic acids is 1. The molecule has 1 N–H and O–H groups in total. The molecule has 1 unspecified atom stereocenters. The summed E-state index contributed by atoms with van der Waals surface area (Å²) >= 11 is 0. The zero-order valence-corrected chi connectivity index (χ0v) is 11.8. The van der Waals surface area contributed by atoms with E-state index in [1.807, 2.05) is 38.1 Å². The van der Waals surface area contributed by atoms with Crippen LogP contribution in [0.3, 0.4) is 0 Å². The highest BCUT2D eigenvalue weighted by molar-refractivity contribution is 5.96. The van der Waals surface area contributed by atoms with Crippen LogP contribution in [0.2, 0.25) is 0 Å². The van der Waals surface area contributed by atoms with E-state index in [0.29, 0.717) is 12.3 Å². The molecule has 1 fully saturated rings. The zero-order valence-electron chi connectivity index (χ0n) is 11.8. The molecule has 1 saturated heterocycles. The molecule has 2 rings (SSSR count). The maximum atomic E-state index is 12.1. The number of carbonyl (C=O) groups is 1. The molecular weight excluding hydrogens is 238 g/mol. The molecule has 0 aliphatic carbocycles. The predicted molar refractivity (Wildman–Crippen MR) is 76.7 cm³/mol. The van der Waals surface area contributed by atoms with Crippen molar-refractivity contribution in [3.63, 3.8) is 0 Å². The van der Waals surface area contributed by atoms with E-state index < -0.39 is 0 Å². The monoisotopic (exact) mass is 261 g/mol. The van der Waals surface area contributed by atoms with Gasteiger partial charge < -0.3 is 10.1 Å². The molecule has 19 heavy (non-hydrogen) atoms. The lowest BCUT2D eigenvalue weighted by atomic mass is 9.98. The van der Waals surface area contributed by atoms with E-state index in [1.165, 1.54) is 6.42 Å². The quantitative estimate of drug-likeness (QED) is 0.800. The average molecular weight is 261 g/mol. The molecule has 1 aromatic rings. The Morgan fingerprint density at radius 3 is 2.68 bits per heavy atom. The number of hydrogen-bond donors (Lipinski definition) is 1. The van der Waals surface area contributed by atoms with Crippen molar-refractivity contribution in [2.75, 3.05) is 13.1 Å². The standard InChI is InChI=1S/C16H23NO2/c1-12(2)19-15-6-4-14(5-7-15)16(18)8-3-13-9-10-17-11-13/h4-7,12-13,17H,3,8-11H2,1-2H3. The summed E-state index contributed by atoms with van der Waals surface area (Å²) in [5.41, 5.74) is 0.794. The maximum absolute atomic E-state index is 12.1. The van der Waals surface area contributed by atoms with Crippen LogP contribution < -0.4 is 10.1 Å². The van der Waals surface area contributed by atoms with Crippen LogP contribution in [0, 0.1) is 5.92 Å². The zero-order chi connectivity index (χ0) is 13.7. The Bertz CT molecular complexity index is 405. The van der Waals surface area contributed by atoms with Crippen molar-refractivity contribution in [1.29, 1.82) is 0 Å². The highest BCUT2D eigenvalue weighted by atomic mass is 16.5. The SMILES string of the molecule is CC(C)Oc1ccc(C(=O)CCC2CCNC2)cc1. The van der Waals surface area contributed by atoms with Crippen molar-refractivity contribution >= 4 is 5.78 Å². The molecule has 3 heteroatoms. The Kier molecular flexibility index (Phi) is 4.97. The average Bonchev–Trinajstić information content (AvgIpc) is 2.89. The van der Waals surface area contributed by atoms with Gasteiger partial charge in [0.1, 0.15) is 5.75 Å². The topological polar surface area (TPSA) is 38.3 Å². The van der Waals surface area contributed by atoms with Gasteiger partial charge in [0.05, 0.1) is 6.10 Å². The lowest BCUT2D eigenvalue weighted by molar-refractivity contribution is 0.0974. The third kappa shape index (κ3) is 4.35. The van der Waals surface area contributed by atoms with Crippen molar-refractivity contribution in [1.82, 2.24) is 5.32 Å². The van der Waals surface area contributed by atoms with E-state index in [2.05, 4.69) is 5.32 Å². The number of hydrogen-bond acceptors (Lipinski definition) is 3. The van der Waals surface area contributed by atoms with E-state index in [4.69, 9.17) is 4.74 Å². The molecule has 3 nitrogen and oxygen atoms in total. The first-order chi connectivity index (χ1) is 9.15. The molecule has 0 spiro atoms. The molecular formula is C16H23NO2. The van der Waals surface area contributed by atoms with Gasteiger partial charge in [-0.15, -0.1) is 0 Å². The van der Waals surface area contributed by atoms with E-state index in [1.54, 1.807) is 0 Å². The molecule has 0 aromatic heterocycles. The van der Waals surface area contributed by atoms with Gasteiger partial charge in [-0.05, 0) is 70.0 Å². The largest absolute Gasteiger partial charge is 0.491 e. The van der Waals surface area contributed by atoms with Crippen molar-refractivity contribution in [3.05, 3.63) is 29.8 Å². The molecule has 1 atom stereocenters. The molecule has 1 aromatic carbocycles. The van der Waals surface area contributed by atoms with Gasteiger partial charge in [0.15, 0.2) is 5.78 Å². The highest BCUT2D eigenvalue weighted by Crippen LogP contribution is 2.18. The summed E-state index contributed by atoms with van der Waals surface area (Å²) in [6, 6.07) is 7.49. The summed E-state index contributed by atoms with van der Waals surface area (Å²) in [5, 5.41) is 3.33. The van der Waals surface area contributed by atoms with Crippen molar-refractivity contribution < 1.29 is 9.53 Å². The fraction of sp³-hybridized carbons (Fsp3) is 0.562. The number of rotatable bonds is 6. The Labute approximate surface area is 115 Å². The predicted octanol–water partition coefficient (Wildman–Crippen LogP) is 3.05. The van der Waals surface area contributed by atoms with Crippen LogP contribution in [-0.4, -0.2) is 25.0 Å². The summed E-state index contributed by atoms with van der Waals surface area (Å²) in [6.45, 7) is 6.15. The summed E-state index contributed by atoms with van der Waals surface area (Å²) < 4.78 is 5.57. The second-order valence-corrected chi connectivity index (χ2v) is 5.51. The lowest BCUT2D eigenvalue weighted by Crippen LogP contribution is -2.10. The second kappa shape index (κ2) is 6.71. The fourth-order valence-corrected chi connectivity index (χ4v) is 2.43. The van der Waals surface area contributed by atoms with Gasteiger partial charge in [0.2, 0.25) is 0 Å². The van der Waals surface area contributed by atoms with Gasteiger partial charge in [0, 0.05) is 12.0 Å². The van der Waals surface area contributed by atoms with Gasteiger partial charge >= 0.3 is 0 Å². The summed E-state index contributed by atoms with van der Waals surface area (Å²) in [7, 11) is 0. The number of benzene rings is 1. The van der Waals surface area contributed by atoms with E-state index in [0.717, 1.165) is 30.8 Å². The first kappa shape index (κ1) is 14.1. The van der Waals surface area contributed by atoms with Gasteiger partial charge in [-0.2, -0.15) is 0 Å².